The molecule has 0 spiro atoms. The average molecular weight is 295 g/mol. The van der Waals surface area contributed by atoms with E-state index in [0.717, 1.165) is 12.2 Å². The van der Waals surface area contributed by atoms with Crippen molar-refractivity contribution < 1.29 is 4.74 Å². The van der Waals surface area contributed by atoms with Crippen molar-refractivity contribution in [3.63, 3.8) is 0 Å². The van der Waals surface area contributed by atoms with E-state index in [0.29, 0.717) is 16.9 Å². The topological polar surface area (TPSA) is 46.2 Å². The van der Waals surface area contributed by atoms with Gasteiger partial charge >= 0.3 is 0 Å². The predicted octanol–water partition coefficient (Wildman–Crippen LogP) is 3.59. The van der Waals surface area contributed by atoms with Gasteiger partial charge in [-0.25, -0.2) is 4.98 Å². The van der Waals surface area contributed by atoms with Crippen LogP contribution >= 0.6 is 12.2 Å². The van der Waals surface area contributed by atoms with Crippen LogP contribution in [-0.4, -0.2) is 23.8 Å². The average Bonchev–Trinajstić information content (AvgIpc) is 2.48. The van der Waals surface area contributed by atoms with E-state index in [-0.39, 0.29) is 0 Å². The summed E-state index contributed by atoms with van der Waals surface area (Å²) in [6.45, 7) is 5.38. The first-order chi connectivity index (χ1) is 9.69. The standard InChI is InChI=1S/C15H25N3OS/c1-4-6-7-12(5-2)10-17-15(20)18-13-8-9-14(19-3)16-11-13/h8-9,11-12H,4-7,10H2,1-3H3,(H2,17,18,20)/t12-/m0/s1. The van der Waals surface area contributed by atoms with E-state index in [1.165, 1.54) is 25.7 Å². The predicted molar refractivity (Wildman–Crippen MR) is 88.3 cm³/mol. The van der Waals surface area contributed by atoms with Crippen LogP contribution < -0.4 is 15.4 Å². The number of anilines is 1. The number of unbranched alkanes of at least 4 members (excludes halogenated alkanes) is 1. The van der Waals surface area contributed by atoms with Gasteiger partial charge in [-0.05, 0) is 30.6 Å². The molecule has 0 bridgehead atoms. The molecule has 5 heteroatoms. The molecule has 0 aromatic carbocycles. The minimum absolute atomic E-state index is 0.597. The second-order valence-electron chi connectivity index (χ2n) is 4.84. The van der Waals surface area contributed by atoms with Gasteiger partial charge in [-0.15, -0.1) is 0 Å². The molecule has 0 saturated carbocycles. The molecule has 2 N–H and O–H groups in total. The number of methoxy groups -OCH3 is 1. The van der Waals surface area contributed by atoms with Crippen LogP contribution in [0.4, 0.5) is 5.69 Å². The zero-order valence-electron chi connectivity index (χ0n) is 12.6. The number of hydrogen-bond donors (Lipinski definition) is 2. The molecule has 1 heterocycles. The second-order valence-corrected chi connectivity index (χ2v) is 5.25. The quantitative estimate of drug-likeness (QED) is 0.718. The maximum atomic E-state index is 5.29. The first kappa shape index (κ1) is 16.7. The molecule has 1 aromatic heterocycles. The van der Waals surface area contributed by atoms with E-state index in [2.05, 4.69) is 29.5 Å². The maximum Gasteiger partial charge on any atom is 0.213 e. The summed E-state index contributed by atoms with van der Waals surface area (Å²) in [4.78, 5) is 4.13. The summed E-state index contributed by atoms with van der Waals surface area (Å²) in [5, 5.41) is 7.06. The normalized spacial score (nSPS) is 11.8. The summed E-state index contributed by atoms with van der Waals surface area (Å²) >= 11 is 5.29. The van der Waals surface area contributed by atoms with Gasteiger partial charge in [0.25, 0.3) is 0 Å². The highest BCUT2D eigenvalue weighted by Gasteiger charge is 2.06. The zero-order chi connectivity index (χ0) is 14.8. The van der Waals surface area contributed by atoms with Gasteiger partial charge in [0.05, 0.1) is 19.0 Å². The molecule has 0 aliphatic heterocycles. The number of hydrogen-bond acceptors (Lipinski definition) is 3. The molecule has 0 radical (unpaired) electrons. The third-order valence-electron chi connectivity index (χ3n) is 3.30. The SMILES string of the molecule is CCCC[C@H](CC)CNC(=S)Nc1ccc(OC)nc1. The lowest BCUT2D eigenvalue weighted by molar-refractivity contribution is 0.398. The van der Waals surface area contributed by atoms with Gasteiger partial charge in [0.1, 0.15) is 0 Å². The number of ether oxygens (including phenoxy) is 1. The molecule has 0 fully saturated rings. The third kappa shape index (κ3) is 6.19. The van der Waals surface area contributed by atoms with Crippen molar-refractivity contribution in [2.45, 2.75) is 39.5 Å². The minimum atomic E-state index is 0.597. The van der Waals surface area contributed by atoms with Crippen molar-refractivity contribution in [1.29, 1.82) is 0 Å². The fourth-order valence-corrected chi connectivity index (χ4v) is 2.13. The molecule has 1 aromatic rings. The Bertz CT molecular complexity index is 395. The van der Waals surface area contributed by atoms with Gasteiger partial charge in [0.15, 0.2) is 5.11 Å². The van der Waals surface area contributed by atoms with Crippen LogP contribution in [0, 0.1) is 5.92 Å². The highest BCUT2D eigenvalue weighted by molar-refractivity contribution is 7.80. The van der Waals surface area contributed by atoms with Crippen molar-refractivity contribution in [2.24, 2.45) is 5.92 Å². The molecule has 0 aliphatic rings. The van der Waals surface area contributed by atoms with Crippen LogP contribution in [0.2, 0.25) is 0 Å². The molecule has 1 rings (SSSR count). The number of aromatic nitrogens is 1. The second kappa shape index (κ2) is 9.53. The van der Waals surface area contributed by atoms with Gasteiger partial charge < -0.3 is 15.4 Å². The first-order valence-corrected chi connectivity index (χ1v) is 7.65. The number of nitrogens with zero attached hydrogens (tertiary/aromatic N) is 1. The Morgan fingerprint density at radius 3 is 2.75 bits per heavy atom. The summed E-state index contributed by atoms with van der Waals surface area (Å²) in [5.74, 6) is 1.28. The van der Waals surface area contributed by atoms with E-state index in [1.54, 1.807) is 19.4 Å². The Morgan fingerprint density at radius 1 is 1.40 bits per heavy atom. The van der Waals surface area contributed by atoms with E-state index in [9.17, 15) is 0 Å². The molecular weight excluding hydrogens is 270 g/mol. The Morgan fingerprint density at radius 2 is 2.20 bits per heavy atom. The van der Waals surface area contributed by atoms with E-state index in [1.807, 2.05) is 6.07 Å². The third-order valence-corrected chi connectivity index (χ3v) is 3.54. The summed E-state index contributed by atoms with van der Waals surface area (Å²) in [6, 6.07) is 3.70. The molecule has 0 unspecified atom stereocenters. The monoisotopic (exact) mass is 295 g/mol. The Hall–Kier alpha value is -1.36. The van der Waals surface area contributed by atoms with Gasteiger partial charge in [-0.2, -0.15) is 0 Å². The van der Waals surface area contributed by atoms with Crippen LogP contribution in [0.25, 0.3) is 0 Å². The van der Waals surface area contributed by atoms with Crippen LogP contribution in [0.1, 0.15) is 39.5 Å². The Balaban J connectivity index is 2.34. The van der Waals surface area contributed by atoms with Crippen molar-refractivity contribution in [3.8, 4) is 5.88 Å². The summed E-state index contributed by atoms with van der Waals surface area (Å²) in [5.41, 5.74) is 0.866. The largest absolute Gasteiger partial charge is 0.481 e. The van der Waals surface area contributed by atoms with Crippen LogP contribution in [0.15, 0.2) is 18.3 Å². The van der Waals surface area contributed by atoms with Gasteiger partial charge in [0, 0.05) is 12.6 Å². The maximum absolute atomic E-state index is 5.29. The molecule has 1 atom stereocenters. The zero-order valence-corrected chi connectivity index (χ0v) is 13.4. The van der Waals surface area contributed by atoms with Crippen molar-refractivity contribution in [1.82, 2.24) is 10.3 Å². The summed E-state index contributed by atoms with van der Waals surface area (Å²) < 4.78 is 5.02. The highest BCUT2D eigenvalue weighted by Crippen LogP contribution is 2.12. The van der Waals surface area contributed by atoms with Gasteiger partial charge in [0.2, 0.25) is 5.88 Å². The fraction of sp³-hybridized carbons (Fsp3) is 0.600. The van der Waals surface area contributed by atoms with Gasteiger partial charge in [-0.1, -0.05) is 33.1 Å². The van der Waals surface area contributed by atoms with Crippen molar-refractivity contribution >= 4 is 23.0 Å². The first-order valence-electron chi connectivity index (χ1n) is 7.24. The summed E-state index contributed by atoms with van der Waals surface area (Å²) in [7, 11) is 1.60. The molecule has 112 valence electrons. The van der Waals surface area contributed by atoms with Crippen LogP contribution in [-0.2, 0) is 0 Å². The Kier molecular flexibility index (Phi) is 7.95. The van der Waals surface area contributed by atoms with E-state index >= 15 is 0 Å². The lowest BCUT2D eigenvalue weighted by Gasteiger charge is -2.17. The molecule has 0 aliphatic carbocycles. The van der Waals surface area contributed by atoms with Crippen LogP contribution in [0.3, 0.4) is 0 Å². The number of nitrogens with one attached hydrogen (secondary N) is 2. The van der Waals surface area contributed by atoms with E-state index in [4.69, 9.17) is 17.0 Å². The van der Waals surface area contributed by atoms with Crippen molar-refractivity contribution in [2.75, 3.05) is 19.0 Å². The number of rotatable bonds is 8. The lowest BCUT2D eigenvalue weighted by Crippen LogP contribution is -2.32. The lowest BCUT2D eigenvalue weighted by atomic mass is 9.99. The van der Waals surface area contributed by atoms with Crippen molar-refractivity contribution in [3.05, 3.63) is 18.3 Å². The molecular formula is C15H25N3OS. The molecule has 20 heavy (non-hydrogen) atoms. The smallest absolute Gasteiger partial charge is 0.213 e. The van der Waals surface area contributed by atoms with Crippen LogP contribution in [0.5, 0.6) is 5.88 Å². The molecule has 0 saturated heterocycles. The molecule has 4 nitrogen and oxygen atoms in total. The minimum Gasteiger partial charge on any atom is -0.481 e. The highest BCUT2D eigenvalue weighted by atomic mass is 32.1. The number of pyridine rings is 1. The van der Waals surface area contributed by atoms with E-state index < -0.39 is 0 Å². The fourth-order valence-electron chi connectivity index (χ4n) is 1.93. The Labute approximate surface area is 127 Å². The number of thiocarbonyl (C=S) groups is 1. The van der Waals surface area contributed by atoms with Gasteiger partial charge in [-0.3, -0.25) is 0 Å². The summed E-state index contributed by atoms with van der Waals surface area (Å²) in [6.07, 6.45) is 6.67. The molecule has 0 amide bonds.